The SMILES string of the molecule is N#Cc1ccc2oc3ccc(-c4cccc(-c5cc6ccc7cccnc7c6cn5)n4)cc3c2c1. The molecule has 0 saturated heterocycles. The van der Waals surface area contributed by atoms with Crippen molar-refractivity contribution in [1.29, 1.82) is 5.26 Å². The van der Waals surface area contributed by atoms with E-state index in [1.807, 2.05) is 60.9 Å². The molecule has 0 fully saturated rings. The molecule has 162 valence electrons. The number of hydrogen-bond donors (Lipinski definition) is 0. The van der Waals surface area contributed by atoms with E-state index in [-0.39, 0.29) is 0 Å². The van der Waals surface area contributed by atoms with E-state index in [4.69, 9.17) is 14.4 Å². The van der Waals surface area contributed by atoms with Crippen molar-refractivity contribution in [3.63, 3.8) is 0 Å². The first-order chi connectivity index (χ1) is 17.3. The summed E-state index contributed by atoms with van der Waals surface area (Å²) in [5, 5.41) is 14.4. The van der Waals surface area contributed by atoms with Crippen LogP contribution in [0.1, 0.15) is 5.56 Å². The Labute approximate surface area is 199 Å². The van der Waals surface area contributed by atoms with Gasteiger partial charge in [-0.1, -0.05) is 24.3 Å². The van der Waals surface area contributed by atoms with Gasteiger partial charge >= 0.3 is 0 Å². The molecule has 0 aliphatic carbocycles. The second-order valence-corrected chi connectivity index (χ2v) is 8.48. The van der Waals surface area contributed by atoms with Gasteiger partial charge < -0.3 is 4.42 Å². The number of nitrogens with zero attached hydrogens (tertiary/aromatic N) is 4. The average molecular weight is 448 g/mol. The smallest absolute Gasteiger partial charge is 0.135 e. The molecule has 7 rings (SSSR count). The van der Waals surface area contributed by atoms with Crippen molar-refractivity contribution in [1.82, 2.24) is 15.0 Å². The zero-order valence-corrected chi connectivity index (χ0v) is 18.4. The Hall–Kier alpha value is -5.08. The summed E-state index contributed by atoms with van der Waals surface area (Å²) in [5.41, 5.74) is 6.53. The number of hydrogen-bond acceptors (Lipinski definition) is 5. The van der Waals surface area contributed by atoms with Crippen molar-refractivity contribution in [3.05, 3.63) is 103 Å². The van der Waals surface area contributed by atoms with Gasteiger partial charge in [0.15, 0.2) is 0 Å². The van der Waals surface area contributed by atoms with E-state index in [0.717, 1.165) is 66.3 Å². The van der Waals surface area contributed by atoms with Gasteiger partial charge in [-0.3, -0.25) is 9.97 Å². The maximum atomic E-state index is 9.30. The Balaban J connectivity index is 1.34. The Kier molecular flexibility index (Phi) is 4.14. The molecule has 0 radical (unpaired) electrons. The van der Waals surface area contributed by atoms with E-state index in [2.05, 4.69) is 41.4 Å². The maximum absolute atomic E-state index is 9.30. The van der Waals surface area contributed by atoms with Crippen LogP contribution in [0.3, 0.4) is 0 Å². The first-order valence-corrected chi connectivity index (χ1v) is 11.2. The van der Waals surface area contributed by atoms with Crippen LogP contribution in [0, 0.1) is 11.3 Å². The molecule has 0 amide bonds. The normalized spacial score (nSPS) is 11.4. The third-order valence-electron chi connectivity index (χ3n) is 6.38. The lowest BCUT2D eigenvalue weighted by molar-refractivity contribution is 0.669. The predicted octanol–water partition coefficient (Wildman–Crippen LogP) is 7.28. The molecule has 0 N–H and O–H groups in total. The largest absolute Gasteiger partial charge is 0.456 e. The van der Waals surface area contributed by atoms with Gasteiger partial charge in [0.2, 0.25) is 0 Å². The lowest BCUT2D eigenvalue weighted by Crippen LogP contribution is -1.91. The zero-order valence-electron chi connectivity index (χ0n) is 18.4. The molecule has 5 heteroatoms. The predicted molar refractivity (Wildman–Crippen MR) is 138 cm³/mol. The third-order valence-corrected chi connectivity index (χ3v) is 6.38. The number of pyridine rings is 3. The highest BCUT2D eigenvalue weighted by molar-refractivity contribution is 6.07. The van der Waals surface area contributed by atoms with Gasteiger partial charge in [0.25, 0.3) is 0 Å². The van der Waals surface area contributed by atoms with E-state index in [1.54, 1.807) is 6.07 Å². The first-order valence-electron chi connectivity index (χ1n) is 11.2. The molecule has 0 aliphatic heterocycles. The van der Waals surface area contributed by atoms with Crippen molar-refractivity contribution >= 4 is 43.6 Å². The number of rotatable bonds is 2. The number of furan rings is 1. The molecule has 0 spiro atoms. The van der Waals surface area contributed by atoms with E-state index in [9.17, 15) is 5.26 Å². The van der Waals surface area contributed by atoms with Crippen LogP contribution in [0.5, 0.6) is 0 Å². The lowest BCUT2D eigenvalue weighted by Gasteiger charge is -2.07. The summed E-state index contributed by atoms with van der Waals surface area (Å²) in [7, 11) is 0. The quantitative estimate of drug-likeness (QED) is 0.260. The fourth-order valence-corrected chi connectivity index (χ4v) is 4.65. The van der Waals surface area contributed by atoms with Gasteiger partial charge in [0, 0.05) is 39.5 Å². The second kappa shape index (κ2) is 7.47. The van der Waals surface area contributed by atoms with E-state index in [0.29, 0.717) is 5.56 Å². The summed E-state index contributed by atoms with van der Waals surface area (Å²) in [6.45, 7) is 0. The van der Waals surface area contributed by atoms with E-state index < -0.39 is 0 Å². The summed E-state index contributed by atoms with van der Waals surface area (Å²) in [5.74, 6) is 0. The molecule has 7 aromatic rings. The number of aromatic nitrogens is 3. The Morgan fingerprint density at radius 1 is 0.657 bits per heavy atom. The van der Waals surface area contributed by atoms with Gasteiger partial charge in [-0.25, -0.2) is 4.98 Å². The highest BCUT2D eigenvalue weighted by Gasteiger charge is 2.12. The zero-order chi connectivity index (χ0) is 23.4. The Morgan fingerprint density at radius 2 is 1.49 bits per heavy atom. The minimum atomic E-state index is 0.607. The van der Waals surface area contributed by atoms with Crippen LogP contribution in [-0.2, 0) is 0 Å². The average Bonchev–Trinajstić information content (AvgIpc) is 3.29. The molecule has 5 nitrogen and oxygen atoms in total. The number of benzene rings is 3. The Bertz CT molecular complexity index is 1980. The van der Waals surface area contributed by atoms with Crippen molar-refractivity contribution in [2.45, 2.75) is 0 Å². The summed E-state index contributed by atoms with van der Waals surface area (Å²) in [6.07, 6.45) is 3.69. The standard InChI is InChI=1S/C30H16N4O/c31-16-18-6-10-28-22(13-18)23-14-21(9-11-29(23)35-28)25-4-1-5-26(34-25)27-15-20-8-7-19-3-2-12-32-30(19)24(20)17-33-27/h1-15,17H. The van der Waals surface area contributed by atoms with Crippen LogP contribution >= 0.6 is 0 Å². The Morgan fingerprint density at radius 3 is 2.40 bits per heavy atom. The molecule has 4 heterocycles. The lowest BCUT2D eigenvalue weighted by atomic mass is 10.0. The number of nitriles is 1. The topological polar surface area (TPSA) is 75.6 Å². The van der Waals surface area contributed by atoms with Gasteiger partial charge in [0.05, 0.1) is 34.2 Å². The van der Waals surface area contributed by atoms with Crippen molar-refractivity contribution in [2.24, 2.45) is 0 Å². The number of fused-ring (bicyclic) bond motifs is 6. The van der Waals surface area contributed by atoms with Crippen LogP contribution < -0.4 is 0 Å². The minimum Gasteiger partial charge on any atom is -0.456 e. The van der Waals surface area contributed by atoms with Crippen LogP contribution in [0.2, 0.25) is 0 Å². The molecule has 35 heavy (non-hydrogen) atoms. The fraction of sp³-hybridized carbons (Fsp3) is 0. The minimum absolute atomic E-state index is 0.607. The van der Waals surface area contributed by atoms with E-state index in [1.165, 1.54) is 0 Å². The molecule has 0 unspecified atom stereocenters. The summed E-state index contributed by atoms with van der Waals surface area (Å²) in [4.78, 5) is 14.2. The highest BCUT2D eigenvalue weighted by atomic mass is 16.3. The molecule has 3 aromatic carbocycles. The van der Waals surface area contributed by atoms with Gasteiger partial charge in [0.1, 0.15) is 11.2 Å². The molecule has 0 aliphatic rings. The molecule has 0 saturated carbocycles. The summed E-state index contributed by atoms with van der Waals surface area (Å²) < 4.78 is 5.96. The van der Waals surface area contributed by atoms with E-state index >= 15 is 0 Å². The third kappa shape index (κ3) is 3.12. The van der Waals surface area contributed by atoms with Crippen molar-refractivity contribution in [3.8, 4) is 28.7 Å². The van der Waals surface area contributed by atoms with Crippen molar-refractivity contribution < 1.29 is 4.42 Å². The van der Waals surface area contributed by atoms with Crippen LogP contribution in [0.4, 0.5) is 0 Å². The molecular weight excluding hydrogens is 432 g/mol. The maximum Gasteiger partial charge on any atom is 0.135 e. The summed E-state index contributed by atoms with van der Waals surface area (Å²) >= 11 is 0. The first kappa shape index (κ1) is 19.4. The van der Waals surface area contributed by atoms with Crippen LogP contribution in [-0.4, -0.2) is 15.0 Å². The second-order valence-electron chi connectivity index (χ2n) is 8.48. The fourth-order valence-electron chi connectivity index (χ4n) is 4.65. The summed E-state index contributed by atoms with van der Waals surface area (Å²) in [6, 6.07) is 29.9. The van der Waals surface area contributed by atoms with Crippen LogP contribution in [0.25, 0.3) is 66.3 Å². The molecule has 0 bridgehead atoms. The van der Waals surface area contributed by atoms with Gasteiger partial charge in [-0.15, -0.1) is 0 Å². The highest BCUT2D eigenvalue weighted by Crippen LogP contribution is 2.33. The molecular formula is C30H16N4O. The van der Waals surface area contributed by atoms with Crippen LogP contribution in [0.15, 0.2) is 102 Å². The van der Waals surface area contributed by atoms with Gasteiger partial charge in [-0.05, 0) is 66.0 Å². The van der Waals surface area contributed by atoms with Crippen molar-refractivity contribution in [2.75, 3.05) is 0 Å². The molecule has 0 atom stereocenters. The van der Waals surface area contributed by atoms with Gasteiger partial charge in [-0.2, -0.15) is 5.26 Å². The monoisotopic (exact) mass is 448 g/mol. The molecule has 4 aromatic heterocycles.